The van der Waals surface area contributed by atoms with Crippen LogP contribution >= 0.6 is 19.2 Å². The second-order valence-electron chi connectivity index (χ2n) is 8.42. The van der Waals surface area contributed by atoms with E-state index in [4.69, 9.17) is 20.6 Å². The number of ketones is 1. The van der Waals surface area contributed by atoms with Gasteiger partial charge in [-0.1, -0.05) is 80.3 Å². The van der Waals surface area contributed by atoms with Gasteiger partial charge in [-0.2, -0.15) is 4.72 Å². The van der Waals surface area contributed by atoms with E-state index in [1.54, 1.807) is 30.3 Å². The van der Waals surface area contributed by atoms with Crippen LogP contribution < -0.4 is 4.72 Å². The van der Waals surface area contributed by atoms with Crippen LogP contribution in [0.25, 0.3) is 0 Å². The summed E-state index contributed by atoms with van der Waals surface area (Å²) in [6, 6.07) is 12.6. The van der Waals surface area contributed by atoms with Crippen molar-refractivity contribution in [3.8, 4) is 0 Å². The maximum atomic E-state index is 14.6. The number of allylic oxidation sites excluding steroid dienone is 1. The molecule has 3 rings (SSSR count). The van der Waals surface area contributed by atoms with Gasteiger partial charge in [-0.05, 0) is 38.0 Å². The summed E-state index contributed by atoms with van der Waals surface area (Å²) in [5, 5.41) is -2.31. The summed E-state index contributed by atoms with van der Waals surface area (Å²) in [7, 11) is -8.57. The molecule has 0 heterocycles. The lowest BCUT2D eigenvalue weighted by Gasteiger charge is -2.40. The second-order valence-corrected chi connectivity index (χ2v) is 12.7. The molecule has 1 N–H and O–H groups in total. The van der Waals surface area contributed by atoms with Crippen LogP contribution in [0.1, 0.15) is 61.0 Å². The van der Waals surface area contributed by atoms with Gasteiger partial charge in [0.2, 0.25) is 15.8 Å². The lowest BCUT2D eigenvalue weighted by Crippen LogP contribution is -2.47. The first-order valence-corrected chi connectivity index (χ1v) is 15.0. The van der Waals surface area contributed by atoms with Gasteiger partial charge in [-0.25, -0.2) is 8.42 Å². The summed E-state index contributed by atoms with van der Waals surface area (Å²) < 4.78 is 56.3. The van der Waals surface area contributed by atoms with Crippen molar-refractivity contribution in [2.75, 3.05) is 13.2 Å². The van der Waals surface area contributed by atoms with Crippen molar-refractivity contribution in [3.05, 3.63) is 76.3 Å². The highest BCUT2D eigenvalue weighted by molar-refractivity contribution is 7.90. The van der Waals surface area contributed by atoms with Crippen molar-refractivity contribution in [2.45, 2.75) is 56.6 Å². The predicted molar refractivity (Wildman–Crippen MR) is 137 cm³/mol. The number of hydrogen-bond acceptors (Lipinski definition) is 6. The van der Waals surface area contributed by atoms with Crippen molar-refractivity contribution in [2.24, 2.45) is 0 Å². The summed E-state index contributed by atoms with van der Waals surface area (Å²) in [6.07, 6.45) is 3.87. The Morgan fingerprint density at radius 2 is 1.54 bits per heavy atom. The topological polar surface area (TPSA) is 98.8 Å². The van der Waals surface area contributed by atoms with Gasteiger partial charge < -0.3 is 9.05 Å². The van der Waals surface area contributed by atoms with E-state index in [0.29, 0.717) is 12.8 Å². The van der Waals surface area contributed by atoms with Gasteiger partial charge in [-0.3, -0.25) is 9.36 Å². The average molecular weight is 540 g/mol. The van der Waals surface area contributed by atoms with Gasteiger partial charge in [-0.15, -0.1) is 0 Å². The molecule has 1 aliphatic rings. The Hall–Kier alpha value is -1.80. The lowest BCUT2D eigenvalue weighted by atomic mass is 9.92. The molecule has 0 bridgehead atoms. The third-order valence-electron chi connectivity index (χ3n) is 5.71. The first kappa shape index (κ1) is 27.8. The summed E-state index contributed by atoms with van der Waals surface area (Å²) >= 11 is 6.35. The number of carbonyl (C=O) groups is 1. The number of aryl methyl sites for hydroxylation is 1. The van der Waals surface area contributed by atoms with E-state index < -0.39 is 28.7 Å². The maximum absolute atomic E-state index is 14.6. The summed E-state index contributed by atoms with van der Waals surface area (Å²) in [6.45, 7) is 5.90. The van der Waals surface area contributed by atoms with E-state index in [0.717, 1.165) is 18.4 Å². The third-order valence-corrected chi connectivity index (χ3v) is 10.0. The molecular weight excluding hydrogens is 509 g/mol. The Labute approximate surface area is 212 Å². The van der Waals surface area contributed by atoms with E-state index in [2.05, 4.69) is 4.72 Å². The molecule has 1 atom stereocenters. The fourth-order valence-corrected chi connectivity index (χ4v) is 8.05. The molecule has 0 radical (unpaired) electrons. The molecule has 1 aliphatic carbocycles. The molecule has 0 saturated heterocycles. The molecule has 0 saturated carbocycles. The number of carbonyl (C=O) groups excluding carboxylic acids is 1. The molecular formula is C25H31ClNO6PS. The Bertz CT molecular complexity index is 1230. The standard InChI is InChI=1S/C25H31ClNO6PS/c1-4-6-16-32-34(29,33-17-7-5-2)25(27-35(30,31)20-14-12-19(3)13-15-20)18-23(26)24(28)21-10-8-9-11-22(21)25/h8-15,18,27H,4-7,16-17H2,1-3H3. The van der Waals surface area contributed by atoms with Crippen molar-refractivity contribution in [1.82, 2.24) is 4.72 Å². The SMILES string of the molecule is CCCCOP(=O)(OCCCC)C1(NS(=O)(=O)c2ccc(C)cc2)C=C(Cl)C(=O)c2ccccc21. The van der Waals surface area contributed by atoms with Gasteiger partial charge >= 0.3 is 7.60 Å². The van der Waals surface area contributed by atoms with E-state index in [1.807, 2.05) is 20.8 Å². The second kappa shape index (κ2) is 11.5. The molecule has 2 aromatic rings. The predicted octanol–water partition coefficient (Wildman–Crippen LogP) is 6.27. The fraction of sp³-hybridized carbons (Fsp3) is 0.400. The molecule has 190 valence electrons. The van der Waals surface area contributed by atoms with Gasteiger partial charge in [0.15, 0.2) is 5.28 Å². The number of rotatable bonds is 12. The minimum Gasteiger partial charge on any atom is -0.307 e. The number of Topliss-reactive ketones (excluding diaryl/α,β-unsaturated/α-hetero) is 1. The van der Waals surface area contributed by atoms with Crippen LogP contribution in [-0.2, 0) is 28.9 Å². The molecule has 7 nitrogen and oxygen atoms in total. The monoisotopic (exact) mass is 539 g/mol. The first-order valence-electron chi connectivity index (χ1n) is 11.6. The van der Waals surface area contributed by atoms with Crippen LogP contribution in [0, 0.1) is 6.92 Å². The quantitative estimate of drug-likeness (QED) is 0.252. The highest BCUT2D eigenvalue weighted by atomic mass is 35.5. The number of hydrogen-bond donors (Lipinski definition) is 1. The van der Waals surface area contributed by atoms with Crippen LogP contribution in [0.3, 0.4) is 0 Å². The van der Waals surface area contributed by atoms with Crippen molar-refractivity contribution >= 4 is 35.0 Å². The van der Waals surface area contributed by atoms with Crippen LogP contribution in [0.4, 0.5) is 0 Å². The molecule has 0 fully saturated rings. The largest absolute Gasteiger partial charge is 0.360 e. The average Bonchev–Trinajstić information content (AvgIpc) is 2.83. The van der Waals surface area contributed by atoms with Gasteiger partial charge in [0.25, 0.3) is 0 Å². The number of benzene rings is 2. The van der Waals surface area contributed by atoms with E-state index >= 15 is 0 Å². The smallest absolute Gasteiger partial charge is 0.307 e. The summed E-state index contributed by atoms with van der Waals surface area (Å²) in [5.41, 5.74) is 1.18. The number of fused-ring (bicyclic) bond motifs is 1. The molecule has 0 spiro atoms. The van der Waals surface area contributed by atoms with E-state index in [1.165, 1.54) is 24.3 Å². The zero-order chi connectivity index (χ0) is 25.7. The zero-order valence-corrected chi connectivity index (χ0v) is 22.6. The Kier molecular flexibility index (Phi) is 9.13. The minimum atomic E-state index is -4.31. The molecule has 0 aliphatic heterocycles. The normalized spacial score (nSPS) is 18.3. The zero-order valence-electron chi connectivity index (χ0n) is 20.1. The fourth-order valence-electron chi connectivity index (χ4n) is 3.72. The van der Waals surface area contributed by atoms with Gasteiger partial charge in [0.05, 0.1) is 23.1 Å². The summed E-state index contributed by atoms with van der Waals surface area (Å²) in [5.74, 6) is -0.499. The lowest BCUT2D eigenvalue weighted by molar-refractivity contribution is 0.103. The van der Waals surface area contributed by atoms with Crippen molar-refractivity contribution in [1.29, 1.82) is 0 Å². The summed E-state index contributed by atoms with van der Waals surface area (Å²) in [4.78, 5) is 12.8. The third kappa shape index (κ3) is 5.79. The van der Waals surface area contributed by atoms with Crippen LogP contribution in [-0.4, -0.2) is 27.4 Å². The van der Waals surface area contributed by atoms with Crippen LogP contribution in [0.2, 0.25) is 0 Å². The van der Waals surface area contributed by atoms with Gasteiger partial charge in [0.1, 0.15) is 0 Å². The minimum absolute atomic E-state index is 0.0324. The molecule has 10 heteroatoms. The Morgan fingerprint density at radius 3 is 2.11 bits per heavy atom. The molecule has 35 heavy (non-hydrogen) atoms. The Balaban J connectivity index is 2.26. The van der Waals surface area contributed by atoms with E-state index in [-0.39, 0.29) is 34.3 Å². The highest BCUT2D eigenvalue weighted by Gasteiger charge is 2.57. The molecule has 0 amide bonds. The van der Waals surface area contributed by atoms with Crippen LogP contribution in [0.15, 0.2) is 64.5 Å². The van der Waals surface area contributed by atoms with E-state index in [9.17, 15) is 17.8 Å². The first-order chi connectivity index (χ1) is 16.6. The number of sulfonamides is 1. The van der Waals surface area contributed by atoms with Crippen molar-refractivity contribution in [3.63, 3.8) is 0 Å². The highest BCUT2D eigenvalue weighted by Crippen LogP contribution is 2.66. The number of halogens is 1. The van der Waals surface area contributed by atoms with Gasteiger partial charge in [0, 0.05) is 11.1 Å². The number of nitrogens with one attached hydrogen (secondary N) is 1. The molecule has 0 aromatic heterocycles. The van der Waals surface area contributed by atoms with Crippen molar-refractivity contribution < 1.29 is 26.8 Å². The molecule has 2 aromatic carbocycles. The van der Waals surface area contributed by atoms with Crippen LogP contribution in [0.5, 0.6) is 0 Å². The Morgan fingerprint density at radius 1 is 0.971 bits per heavy atom. The maximum Gasteiger partial charge on any atom is 0.360 e. The number of unbranched alkanes of at least 4 members (excludes halogenated alkanes) is 2. The molecule has 1 unspecified atom stereocenters.